The summed E-state index contributed by atoms with van der Waals surface area (Å²) in [7, 11) is 3.19. The Bertz CT molecular complexity index is 908. The predicted octanol–water partition coefficient (Wildman–Crippen LogP) is 4.19. The van der Waals surface area contributed by atoms with Gasteiger partial charge in [0.15, 0.2) is 29.1 Å². The topological polar surface area (TPSA) is 58.1 Å². The number of para-hydroxylation sites is 1. The first-order valence-corrected chi connectivity index (χ1v) is 10.9. The third kappa shape index (κ3) is 8.29. The molecule has 2 N–H and O–H groups in total. The smallest absolute Gasteiger partial charge is 0.191 e. The van der Waals surface area contributed by atoms with Gasteiger partial charge < -0.3 is 20.1 Å². The standard InChI is InChI=1S/C24H32F2N4O2.HI/c1-17(32-23-7-5-4-6-20(23)25)15-28-24(27-2)29-19-10-12-30(13-11-19)16-18-8-9-22(31-3)21(26)14-18;/h4-9,14,17,19H,10-13,15-16H2,1-3H3,(H2,27,28,29);1H. The fourth-order valence-corrected chi connectivity index (χ4v) is 3.73. The number of hydrogen-bond acceptors (Lipinski definition) is 4. The molecule has 182 valence electrons. The molecular formula is C24H33F2IN4O2. The fourth-order valence-electron chi connectivity index (χ4n) is 3.73. The van der Waals surface area contributed by atoms with Crippen molar-refractivity contribution in [3.63, 3.8) is 0 Å². The van der Waals surface area contributed by atoms with Crippen molar-refractivity contribution >= 4 is 29.9 Å². The molecule has 1 aliphatic rings. The zero-order chi connectivity index (χ0) is 22.9. The molecule has 0 spiro atoms. The van der Waals surface area contributed by atoms with Gasteiger partial charge in [-0.05, 0) is 49.6 Å². The molecule has 2 aromatic carbocycles. The van der Waals surface area contributed by atoms with Gasteiger partial charge in [-0.25, -0.2) is 8.78 Å². The van der Waals surface area contributed by atoms with Gasteiger partial charge in [-0.1, -0.05) is 18.2 Å². The molecule has 0 bridgehead atoms. The van der Waals surface area contributed by atoms with Crippen molar-refractivity contribution in [3.05, 3.63) is 59.7 Å². The number of ether oxygens (including phenoxy) is 2. The Balaban J connectivity index is 0.00000385. The Morgan fingerprint density at radius 2 is 1.85 bits per heavy atom. The van der Waals surface area contributed by atoms with Crippen LogP contribution >= 0.6 is 24.0 Å². The minimum Gasteiger partial charge on any atom is -0.494 e. The number of methoxy groups -OCH3 is 1. The summed E-state index contributed by atoms with van der Waals surface area (Å²) in [5.74, 6) is 0.512. The van der Waals surface area contributed by atoms with E-state index in [1.165, 1.54) is 13.2 Å². The molecule has 1 unspecified atom stereocenters. The van der Waals surface area contributed by atoms with Gasteiger partial charge in [-0.3, -0.25) is 9.89 Å². The van der Waals surface area contributed by atoms with Gasteiger partial charge in [-0.2, -0.15) is 0 Å². The van der Waals surface area contributed by atoms with Crippen LogP contribution in [0.1, 0.15) is 25.3 Å². The Hall–Kier alpha value is -2.14. The van der Waals surface area contributed by atoms with Gasteiger partial charge in [0.05, 0.1) is 13.7 Å². The first kappa shape index (κ1) is 27.1. The lowest BCUT2D eigenvalue weighted by molar-refractivity contribution is 0.197. The highest BCUT2D eigenvalue weighted by atomic mass is 127. The van der Waals surface area contributed by atoms with Gasteiger partial charge in [0, 0.05) is 32.7 Å². The van der Waals surface area contributed by atoms with Gasteiger partial charge >= 0.3 is 0 Å². The Labute approximate surface area is 211 Å². The molecule has 1 fully saturated rings. The average Bonchev–Trinajstić information content (AvgIpc) is 2.79. The van der Waals surface area contributed by atoms with Crippen molar-refractivity contribution < 1.29 is 18.3 Å². The van der Waals surface area contributed by atoms with Crippen LogP contribution in [-0.2, 0) is 6.54 Å². The maximum absolute atomic E-state index is 13.9. The van der Waals surface area contributed by atoms with Crippen molar-refractivity contribution in [1.29, 1.82) is 0 Å². The predicted molar refractivity (Wildman–Crippen MR) is 138 cm³/mol. The minimum absolute atomic E-state index is 0. The normalized spacial score (nSPS) is 16.0. The van der Waals surface area contributed by atoms with E-state index in [0.717, 1.165) is 31.5 Å². The van der Waals surface area contributed by atoms with E-state index in [4.69, 9.17) is 9.47 Å². The number of piperidine rings is 1. The number of benzene rings is 2. The molecular weight excluding hydrogens is 541 g/mol. The molecule has 3 rings (SSSR count). The lowest BCUT2D eigenvalue weighted by atomic mass is 10.0. The van der Waals surface area contributed by atoms with E-state index in [0.29, 0.717) is 25.1 Å². The molecule has 0 aromatic heterocycles. The third-order valence-electron chi connectivity index (χ3n) is 5.50. The summed E-state index contributed by atoms with van der Waals surface area (Å²) in [4.78, 5) is 6.61. The second-order valence-corrected chi connectivity index (χ2v) is 7.98. The number of hydrogen-bond donors (Lipinski definition) is 2. The summed E-state index contributed by atoms with van der Waals surface area (Å²) in [5.41, 5.74) is 0.941. The van der Waals surface area contributed by atoms with E-state index >= 15 is 0 Å². The van der Waals surface area contributed by atoms with E-state index in [1.807, 2.05) is 13.0 Å². The number of likely N-dealkylation sites (tertiary alicyclic amines) is 1. The maximum Gasteiger partial charge on any atom is 0.191 e. The molecule has 1 atom stereocenters. The molecule has 0 radical (unpaired) electrons. The number of guanidine groups is 1. The lowest BCUT2D eigenvalue weighted by Gasteiger charge is -2.33. The highest BCUT2D eigenvalue weighted by molar-refractivity contribution is 14.0. The summed E-state index contributed by atoms with van der Waals surface area (Å²) in [6, 6.07) is 11.8. The van der Waals surface area contributed by atoms with Crippen molar-refractivity contribution in [1.82, 2.24) is 15.5 Å². The van der Waals surface area contributed by atoms with Crippen molar-refractivity contribution in [3.8, 4) is 11.5 Å². The number of aliphatic imine (C=N–C) groups is 1. The highest BCUT2D eigenvalue weighted by Gasteiger charge is 2.21. The van der Waals surface area contributed by atoms with Crippen LogP contribution in [0.3, 0.4) is 0 Å². The first-order valence-electron chi connectivity index (χ1n) is 10.9. The summed E-state index contributed by atoms with van der Waals surface area (Å²) in [5, 5.41) is 6.70. The van der Waals surface area contributed by atoms with Crippen LogP contribution in [0.25, 0.3) is 0 Å². The molecule has 1 heterocycles. The average molecular weight is 574 g/mol. The van der Waals surface area contributed by atoms with Crippen molar-refractivity contribution in [2.45, 2.75) is 38.5 Å². The van der Waals surface area contributed by atoms with E-state index in [1.54, 1.807) is 37.4 Å². The summed E-state index contributed by atoms with van der Waals surface area (Å²) in [6.07, 6.45) is 1.69. The summed E-state index contributed by atoms with van der Waals surface area (Å²) in [6.45, 7) is 4.92. The van der Waals surface area contributed by atoms with Crippen LogP contribution in [0.15, 0.2) is 47.5 Å². The van der Waals surface area contributed by atoms with E-state index in [9.17, 15) is 8.78 Å². The molecule has 1 aliphatic heterocycles. The first-order chi connectivity index (χ1) is 15.5. The monoisotopic (exact) mass is 574 g/mol. The number of nitrogens with zero attached hydrogens (tertiary/aromatic N) is 2. The molecule has 2 aromatic rings. The molecule has 0 amide bonds. The molecule has 9 heteroatoms. The largest absolute Gasteiger partial charge is 0.494 e. The van der Waals surface area contributed by atoms with E-state index in [2.05, 4.69) is 20.5 Å². The van der Waals surface area contributed by atoms with Gasteiger partial charge in [0.2, 0.25) is 0 Å². The fraction of sp³-hybridized carbons (Fsp3) is 0.458. The zero-order valence-corrected chi connectivity index (χ0v) is 21.6. The second-order valence-electron chi connectivity index (χ2n) is 7.98. The van der Waals surface area contributed by atoms with Crippen molar-refractivity contribution in [2.24, 2.45) is 4.99 Å². The van der Waals surface area contributed by atoms with Crippen LogP contribution < -0.4 is 20.1 Å². The molecule has 0 aliphatic carbocycles. The van der Waals surface area contributed by atoms with Gasteiger partial charge in [0.1, 0.15) is 6.10 Å². The summed E-state index contributed by atoms with van der Waals surface area (Å²) < 4.78 is 38.3. The lowest BCUT2D eigenvalue weighted by Crippen LogP contribution is -2.49. The van der Waals surface area contributed by atoms with Gasteiger partial charge in [-0.15, -0.1) is 24.0 Å². The zero-order valence-electron chi connectivity index (χ0n) is 19.3. The van der Waals surface area contributed by atoms with E-state index < -0.39 is 0 Å². The van der Waals surface area contributed by atoms with Crippen LogP contribution in [0.5, 0.6) is 11.5 Å². The quantitative estimate of drug-likeness (QED) is 0.282. The molecule has 1 saturated heterocycles. The number of halogens is 3. The van der Waals surface area contributed by atoms with Crippen LogP contribution in [0.2, 0.25) is 0 Å². The van der Waals surface area contributed by atoms with Gasteiger partial charge in [0.25, 0.3) is 0 Å². The number of nitrogens with one attached hydrogen (secondary N) is 2. The SMILES string of the molecule is CN=C(NCC(C)Oc1ccccc1F)NC1CCN(Cc2ccc(OC)c(F)c2)CC1.I. The minimum atomic E-state index is -0.369. The third-order valence-corrected chi connectivity index (χ3v) is 5.50. The highest BCUT2D eigenvalue weighted by Crippen LogP contribution is 2.20. The Kier molecular flexibility index (Phi) is 11.1. The van der Waals surface area contributed by atoms with Crippen LogP contribution in [0, 0.1) is 11.6 Å². The Morgan fingerprint density at radius 1 is 1.12 bits per heavy atom. The van der Waals surface area contributed by atoms with Crippen LogP contribution in [0.4, 0.5) is 8.78 Å². The second kappa shape index (κ2) is 13.5. The molecule has 0 saturated carbocycles. The maximum atomic E-state index is 13.9. The molecule has 6 nitrogen and oxygen atoms in total. The van der Waals surface area contributed by atoms with E-state index in [-0.39, 0.29) is 53.2 Å². The number of rotatable bonds is 8. The Morgan fingerprint density at radius 3 is 2.48 bits per heavy atom. The summed E-state index contributed by atoms with van der Waals surface area (Å²) >= 11 is 0. The van der Waals surface area contributed by atoms with Crippen LogP contribution in [-0.4, -0.2) is 56.8 Å². The molecule has 33 heavy (non-hydrogen) atoms. The van der Waals surface area contributed by atoms with Crippen molar-refractivity contribution in [2.75, 3.05) is 33.8 Å².